The zero-order chi connectivity index (χ0) is 10.8. The van der Waals surface area contributed by atoms with Gasteiger partial charge in [-0.3, -0.25) is 4.79 Å². The highest BCUT2D eigenvalue weighted by atomic mass is 19.2. The van der Waals surface area contributed by atoms with Gasteiger partial charge in [0, 0.05) is 12.5 Å². The zero-order valence-electron chi connectivity index (χ0n) is 8.09. The molecule has 1 unspecified atom stereocenters. The maximum Gasteiger partial charge on any atom is 0.170 e. The lowest BCUT2D eigenvalue weighted by atomic mass is 9.96. The quantitative estimate of drug-likeness (QED) is 0.755. The van der Waals surface area contributed by atoms with Crippen LogP contribution in [-0.4, -0.2) is 18.9 Å². The monoisotopic (exact) mass is 211 g/mol. The van der Waals surface area contributed by atoms with Crippen molar-refractivity contribution in [2.45, 2.75) is 6.42 Å². The Morgan fingerprint density at radius 3 is 2.87 bits per heavy atom. The Hall–Kier alpha value is -1.29. The van der Waals surface area contributed by atoms with E-state index in [1.807, 2.05) is 0 Å². The molecule has 1 aliphatic heterocycles. The molecule has 1 atom stereocenters. The van der Waals surface area contributed by atoms with E-state index in [1.165, 1.54) is 12.1 Å². The van der Waals surface area contributed by atoms with Crippen molar-refractivity contribution in [3.63, 3.8) is 0 Å². The molecule has 1 N–H and O–H groups in total. The number of rotatable bonds is 2. The van der Waals surface area contributed by atoms with E-state index in [2.05, 4.69) is 5.32 Å². The molecule has 0 saturated carbocycles. The van der Waals surface area contributed by atoms with E-state index in [1.54, 1.807) is 0 Å². The van der Waals surface area contributed by atoms with Crippen LogP contribution in [0.2, 0.25) is 0 Å². The Labute approximate surface area is 86.3 Å². The second-order valence-electron chi connectivity index (χ2n) is 3.66. The number of hydrogen-bond acceptors (Lipinski definition) is 2. The highest BCUT2D eigenvalue weighted by Gasteiger charge is 2.26. The summed E-state index contributed by atoms with van der Waals surface area (Å²) in [7, 11) is 0. The Morgan fingerprint density at radius 1 is 1.40 bits per heavy atom. The van der Waals surface area contributed by atoms with Crippen molar-refractivity contribution in [1.29, 1.82) is 0 Å². The van der Waals surface area contributed by atoms with Crippen LogP contribution in [0.25, 0.3) is 0 Å². The molecular weight excluding hydrogens is 200 g/mol. The van der Waals surface area contributed by atoms with Crippen LogP contribution in [-0.2, 0) is 0 Å². The minimum atomic E-state index is -1.03. The minimum absolute atomic E-state index is 0.135. The van der Waals surface area contributed by atoms with Gasteiger partial charge in [-0.2, -0.15) is 0 Å². The van der Waals surface area contributed by atoms with Crippen molar-refractivity contribution in [2.75, 3.05) is 13.1 Å². The second-order valence-corrected chi connectivity index (χ2v) is 3.66. The lowest BCUT2D eigenvalue weighted by molar-refractivity contribution is 0.0925. The SMILES string of the molecule is O=C(c1cccc(F)c1F)C1CCNC1. The van der Waals surface area contributed by atoms with Crippen molar-refractivity contribution >= 4 is 5.78 Å². The van der Waals surface area contributed by atoms with Gasteiger partial charge in [-0.15, -0.1) is 0 Å². The number of carbonyl (C=O) groups is 1. The van der Waals surface area contributed by atoms with Crippen LogP contribution in [0.1, 0.15) is 16.8 Å². The topological polar surface area (TPSA) is 29.1 Å². The predicted molar refractivity (Wildman–Crippen MR) is 51.7 cm³/mol. The van der Waals surface area contributed by atoms with E-state index in [0.29, 0.717) is 13.0 Å². The highest BCUT2D eigenvalue weighted by molar-refractivity contribution is 5.98. The van der Waals surface area contributed by atoms with Crippen LogP contribution in [0.4, 0.5) is 8.78 Å². The van der Waals surface area contributed by atoms with E-state index >= 15 is 0 Å². The zero-order valence-corrected chi connectivity index (χ0v) is 8.09. The maximum absolute atomic E-state index is 13.3. The van der Waals surface area contributed by atoms with Gasteiger partial charge >= 0.3 is 0 Å². The van der Waals surface area contributed by atoms with Crippen molar-refractivity contribution in [2.24, 2.45) is 5.92 Å². The molecule has 4 heteroatoms. The number of benzene rings is 1. The van der Waals surface area contributed by atoms with Crippen LogP contribution >= 0.6 is 0 Å². The van der Waals surface area contributed by atoms with Crippen LogP contribution in [0.15, 0.2) is 18.2 Å². The molecule has 0 bridgehead atoms. The maximum atomic E-state index is 13.3. The van der Waals surface area contributed by atoms with E-state index in [0.717, 1.165) is 12.6 Å². The minimum Gasteiger partial charge on any atom is -0.316 e. The molecule has 0 aliphatic carbocycles. The first kappa shape index (κ1) is 10.2. The number of hydrogen-bond donors (Lipinski definition) is 1. The molecule has 0 amide bonds. The van der Waals surface area contributed by atoms with Crippen molar-refractivity contribution in [3.8, 4) is 0 Å². The molecule has 1 saturated heterocycles. The van der Waals surface area contributed by atoms with E-state index < -0.39 is 11.6 Å². The number of carbonyl (C=O) groups excluding carboxylic acids is 1. The van der Waals surface area contributed by atoms with Gasteiger partial charge in [-0.1, -0.05) is 6.07 Å². The largest absolute Gasteiger partial charge is 0.316 e. The first-order valence-corrected chi connectivity index (χ1v) is 4.89. The summed E-state index contributed by atoms with van der Waals surface area (Å²) in [6.45, 7) is 1.31. The number of halogens is 2. The molecule has 2 nitrogen and oxygen atoms in total. The lowest BCUT2D eigenvalue weighted by Gasteiger charge is -2.08. The van der Waals surface area contributed by atoms with Crippen LogP contribution < -0.4 is 5.32 Å². The van der Waals surface area contributed by atoms with Gasteiger partial charge in [-0.05, 0) is 25.1 Å². The fraction of sp³-hybridized carbons (Fsp3) is 0.364. The molecule has 0 spiro atoms. The molecule has 0 aromatic heterocycles. The Balaban J connectivity index is 2.28. The van der Waals surface area contributed by atoms with Gasteiger partial charge in [0.15, 0.2) is 17.4 Å². The van der Waals surface area contributed by atoms with E-state index in [4.69, 9.17) is 0 Å². The molecule has 1 aliphatic rings. The van der Waals surface area contributed by atoms with Crippen LogP contribution in [0.5, 0.6) is 0 Å². The normalized spacial score (nSPS) is 20.5. The van der Waals surface area contributed by atoms with Crippen molar-refractivity contribution in [3.05, 3.63) is 35.4 Å². The molecule has 2 rings (SSSR count). The third-order valence-electron chi connectivity index (χ3n) is 2.65. The summed E-state index contributed by atoms with van der Waals surface area (Å²) >= 11 is 0. The Kier molecular flexibility index (Phi) is 2.77. The molecular formula is C11H11F2NO. The van der Waals surface area contributed by atoms with Crippen LogP contribution in [0, 0.1) is 17.6 Å². The van der Waals surface area contributed by atoms with E-state index in [9.17, 15) is 13.6 Å². The van der Waals surface area contributed by atoms with Crippen LogP contribution in [0.3, 0.4) is 0 Å². The third-order valence-corrected chi connectivity index (χ3v) is 2.65. The first-order chi connectivity index (χ1) is 7.20. The fourth-order valence-corrected chi connectivity index (χ4v) is 1.79. The van der Waals surface area contributed by atoms with E-state index in [-0.39, 0.29) is 17.3 Å². The Bertz CT molecular complexity index is 386. The predicted octanol–water partition coefficient (Wildman–Crippen LogP) is 1.76. The second kappa shape index (κ2) is 4.06. The summed E-state index contributed by atoms with van der Waals surface area (Å²) in [5.74, 6) is -2.53. The molecule has 1 aromatic carbocycles. The summed E-state index contributed by atoms with van der Waals surface area (Å²) in [5.41, 5.74) is -0.135. The van der Waals surface area contributed by atoms with Gasteiger partial charge in [-0.25, -0.2) is 8.78 Å². The van der Waals surface area contributed by atoms with Gasteiger partial charge < -0.3 is 5.32 Å². The standard InChI is InChI=1S/C11H11F2NO/c12-9-3-1-2-8(10(9)13)11(15)7-4-5-14-6-7/h1-3,7,14H,4-6H2. The number of nitrogens with one attached hydrogen (secondary N) is 1. The average Bonchev–Trinajstić information content (AvgIpc) is 2.74. The van der Waals surface area contributed by atoms with Gasteiger partial charge in [0.25, 0.3) is 0 Å². The average molecular weight is 211 g/mol. The molecule has 1 aromatic rings. The smallest absolute Gasteiger partial charge is 0.170 e. The summed E-state index contributed by atoms with van der Waals surface area (Å²) in [6, 6.07) is 3.70. The Morgan fingerprint density at radius 2 is 2.20 bits per heavy atom. The molecule has 80 valence electrons. The molecule has 1 heterocycles. The molecule has 15 heavy (non-hydrogen) atoms. The molecule has 0 radical (unpaired) electrons. The van der Waals surface area contributed by atoms with Crippen molar-refractivity contribution < 1.29 is 13.6 Å². The first-order valence-electron chi connectivity index (χ1n) is 4.89. The van der Waals surface area contributed by atoms with Gasteiger partial charge in [0.05, 0.1) is 5.56 Å². The van der Waals surface area contributed by atoms with Crippen molar-refractivity contribution in [1.82, 2.24) is 5.32 Å². The molecule has 1 fully saturated rings. The summed E-state index contributed by atoms with van der Waals surface area (Å²) in [4.78, 5) is 11.8. The third kappa shape index (κ3) is 1.90. The summed E-state index contributed by atoms with van der Waals surface area (Å²) in [5, 5.41) is 3.02. The number of ketones is 1. The lowest BCUT2D eigenvalue weighted by Crippen LogP contribution is -2.19. The summed E-state index contributed by atoms with van der Waals surface area (Å²) < 4.78 is 26.2. The summed E-state index contributed by atoms with van der Waals surface area (Å²) in [6.07, 6.45) is 0.689. The van der Waals surface area contributed by atoms with Gasteiger partial charge in [0.1, 0.15) is 0 Å². The fourth-order valence-electron chi connectivity index (χ4n) is 1.79. The highest BCUT2D eigenvalue weighted by Crippen LogP contribution is 2.19. The number of Topliss-reactive ketones (excluding diaryl/α,β-unsaturated/α-hetero) is 1. The van der Waals surface area contributed by atoms with Gasteiger partial charge in [0.2, 0.25) is 0 Å².